The van der Waals surface area contributed by atoms with Crippen LogP contribution in [0.2, 0.25) is 15.1 Å². The average molecular weight is 461 g/mol. The van der Waals surface area contributed by atoms with Gasteiger partial charge in [-0.25, -0.2) is 9.97 Å². The third-order valence-corrected chi connectivity index (χ3v) is 5.53. The zero-order valence-corrected chi connectivity index (χ0v) is 19.1. The van der Waals surface area contributed by atoms with Crippen molar-refractivity contribution in [3.8, 4) is 28.7 Å². The standard InChI is InChI=1S/C23H20Cl3N3O/c1-13(2)10-18-12-27-23(30-18)21-14(3)29(17-7-4-15(24)5-8-17)22(28-21)19-9-6-16(25)11-20(19)26/h4-9,11-13H,10H2,1-3H3. The molecule has 0 spiro atoms. The highest BCUT2D eigenvalue weighted by atomic mass is 35.5. The number of rotatable bonds is 5. The third-order valence-electron chi connectivity index (χ3n) is 4.73. The van der Waals surface area contributed by atoms with E-state index in [4.69, 9.17) is 44.2 Å². The van der Waals surface area contributed by atoms with Gasteiger partial charge in [-0.05, 0) is 55.3 Å². The summed E-state index contributed by atoms with van der Waals surface area (Å²) in [5.74, 6) is 2.48. The zero-order valence-electron chi connectivity index (χ0n) is 16.8. The molecule has 154 valence electrons. The monoisotopic (exact) mass is 459 g/mol. The van der Waals surface area contributed by atoms with E-state index in [1.807, 2.05) is 41.8 Å². The van der Waals surface area contributed by atoms with E-state index < -0.39 is 0 Å². The van der Waals surface area contributed by atoms with Gasteiger partial charge < -0.3 is 4.42 Å². The van der Waals surface area contributed by atoms with E-state index in [-0.39, 0.29) is 0 Å². The first-order valence-corrected chi connectivity index (χ1v) is 10.7. The Hall–Kier alpha value is -2.27. The average Bonchev–Trinajstić information content (AvgIpc) is 3.26. The Kier molecular flexibility index (Phi) is 5.92. The van der Waals surface area contributed by atoms with E-state index in [1.165, 1.54) is 0 Å². The molecular weight excluding hydrogens is 441 g/mol. The van der Waals surface area contributed by atoms with Crippen LogP contribution in [-0.2, 0) is 6.42 Å². The summed E-state index contributed by atoms with van der Waals surface area (Å²) in [6, 6.07) is 12.9. The lowest BCUT2D eigenvalue weighted by Gasteiger charge is -2.11. The SMILES string of the molecule is Cc1c(-c2ncc(CC(C)C)o2)nc(-c2ccc(Cl)cc2Cl)n1-c1ccc(Cl)cc1. The highest BCUT2D eigenvalue weighted by molar-refractivity contribution is 6.36. The number of oxazole rings is 1. The van der Waals surface area contributed by atoms with E-state index in [0.717, 1.165) is 29.1 Å². The second-order valence-electron chi connectivity index (χ2n) is 7.54. The molecule has 0 radical (unpaired) electrons. The van der Waals surface area contributed by atoms with Crippen molar-refractivity contribution in [3.63, 3.8) is 0 Å². The maximum absolute atomic E-state index is 6.52. The Morgan fingerprint density at radius 1 is 1.00 bits per heavy atom. The summed E-state index contributed by atoms with van der Waals surface area (Å²) in [4.78, 5) is 9.35. The maximum Gasteiger partial charge on any atom is 0.247 e. The van der Waals surface area contributed by atoms with Crippen LogP contribution in [0.1, 0.15) is 25.3 Å². The van der Waals surface area contributed by atoms with E-state index in [0.29, 0.717) is 38.4 Å². The molecule has 4 nitrogen and oxygen atoms in total. The molecule has 0 N–H and O–H groups in total. The summed E-state index contributed by atoms with van der Waals surface area (Å²) >= 11 is 18.7. The van der Waals surface area contributed by atoms with Gasteiger partial charge in [0.2, 0.25) is 5.89 Å². The second kappa shape index (κ2) is 8.46. The lowest BCUT2D eigenvalue weighted by Crippen LogP contribution is -2.00. The molecule has 2 aromatic carbocycles. The number of benzene rings is 2. The molecule has 0 bridgehead atoms. The van der Waals surface area contributed by atoms with Crippen LogP contribution in [0, 0.1) is 12.8 Å². The summed E-state index contributed by atoms with van der Waals surface area (Å²) in [7, 11) is 0. The van der Waals surface area contributed by atoms with Crippen molar-refractivity contribution < 1.29 is 4.42 Å². The molecule has 0 aliphatic heterocycles. The molecule has 0 amide bonds. The van der Waals surface area contributed by atoms with Crippen LogP contribution in [0.4, 0.5) is 0 Å². The first-order valence-electron chi connectivity index (χ1n) is 9.59. The fourth-order valence-corrected chi connectivity index (χ4v) is 3.99. The molecular formula is C23H20Cl3N3O. The maximum atomic E-state index is 6.52. The Morgan fingerprint density at radius 2 is 1.70 bits per heavy atom. The molecule has 0 fully saturated rings. The van der Waals surface area contributed by atoms with Gasteiger partial charge in [-0.3, -0.25) is 4.57 Å². The molecule has 0 aliphatic rings. The predicted molar refractivity (Wildman–Crippen MR) is 123 cm³/mol. The first-order chi connectivity index (χ1) is 14.3. The van der Waals surface area contributed by atoms with Crippen LogP contribution >= 0.6 is 34.8 Å². The molecule has 0 saturated carbocycles. The van der Waals surface area contributed by atoms with Crippen LogP contribution in [-0.4, -0.2) is 14.5 Å². The summed E-state index contributed by atoms with van der Waals surface area (Å²) in [6.07, 6.45) is 2.59. The van der Waals surface area contributed by atoms with E-state index in [2.05, 4.69) is 18.8 Å². The largest absolute Gasteiger partial charge is 0.440 e. The van der Waals surface area contributed by atoms with Gasteiger partial charge in [0.05, 0.1) is 16.9 Å². The van der Waals surface area contributed by atoms with Crippen molar-refractivity contribution in [2.75, 3.05) is 0 Å². The number of hydrogen-bond acceptors (Lipinski definition) is 3. The summed E-state index contributed by atoms with van der Waals surface area (Å²) in [5, 5.41) is 1.74. The van der Waals surface area contributed by atoms with Crippen molar-refractivity contribution in [1.82, 2.24) is 14.5 Å². The summed E-state index contributed by atoms with van der Waals surface area (Å²) in [5.41, 5.74) is 3.22. The summed E-state index contributed by atoms with van der Waals surface area (Å²) < 4.78 is 8.03. The van der Waals surface area contributed by atoms with Crippen LogP contribution in [0.3, 0.4) is 0 Å². The van der Waals surface area contributed by atoms with Gasteiger partial charge in [-0.1, -0.05) is 48.7 Å². The van der Waals surface area contributed by atoms with E-state index in [9.17, 15) is 0 Å². The number of halogens is 3. The highest BCUT2D eigenvalue weighted by Gasteiger charge is 2.23. The number of imidazole rings is 1. The van der Waals surface area contributed by atoms with Crippen molar-refractivity contribution in [3.05, 3.63) is 75.2 Å². The minimum atomic E-state index is 0.474. The molecule has 7 heteroatoms. The Morgan fingerprint density at radius 3 is 2.37 bits per heavy atom. The fourth-order valence-electron chi connectivity index (χ4n) is 3.38. The third kappa shape index (κ3) is 4.13. The molecule has 0 unspecified atom stereocenters. The highest BCUT2D eigenvalue weighted by Crippen LogP contribution is 2.36. The fraction of sp³-hybridized carbons (Fsp3) is 0.217. The molecule has 4 aromatic rings. The van der Waals surface area contributed by atoms with Gasteiger partial charge >= 0.3 is 0 Å². The van der Waals surface area contributed by atoms with Crippen molar-refractivity contribution in [1.29, 1.82) is 0 Å². The number of nitrogens with zero attached hydrogens (tertiary/aromatic N) is 3. The van der Waals surface area contributed by atoms with Crippen molar-refractivity contribution in [2.45, 2.75) is 27.2 Å². The zero-order chi connectivity index (χ0) is 21.4. The molecule has 4 rings (SSSR count). The number of hydrogen-bond donors (Lipinski definition) is 0. The number of aromatic nitrogens is 3. The van der Waals surface area contributed by atoms with Gasteiger partial charge in [-0.2, -0.15) is 0 Å². The van der Waals surface area contributed by atoms with Gasteiger partial charge in [-0.15, -0.1) is 0 Å². The Labute approximate surface area is 190 Å². The van der Waals surface area contributed by atoms with Crippen molar-refractivity contribution in [2.24, 2.45) is 5.92 Å². The van der Waals surface area contributed by atoms with Crippen molar-refractivity contribution >= 4 is 34.8 Å². The molecule has 30 heavy (non-hydrogen) atoms. The van der Waals surface area contributed by atoms with Gasteiger partial charge in [0, 0.05) is 27.7 Å². The van der Waals surface area contributed by atoms with E-state index >= 15 is 0 Å². The topological polar surface area (TPSA) is 43.9 Å². The van der Waals surface area contributed by atoms with Crippen LogP contribution in [0.15, 0.2) is 53.1 Å². The Balaban J connectivity index is 1.91. The first kappa shape index (κ1) is 21.0. The molecule has 0 saturated heterocycles. The summed E-state index contributed by atoms with van der Waals surface area (Å²) in [6.45, 7) is 6.27. The van der Waals surface area contributed by atoms with E-state index in [1.54, 1.807) is 18.3 Å². The van der Waals surface area contributed by atoms with Crippen LogP contribution < -0.4 is 0 Å². The predicted octanol–water partition coefficient (Wildman–Crippen LogP) is 7.66. The molecule has 2 aromatic heterocycles. The minimum Gasteiger partial charge on any atom is -0.440 e. The normalized spacial score (nSPS) is 11.4. The lowest BCUT2D eigenvalue weighted by atomic mass is 10.1. The minimum absolute atomic E-state index is 0.474. The quantitative estimate of drug-likeness (QED) is 0.307. The molecule has 0 aliphatic carbocycles. The van der Waals surface area contributed by atoms with Gasteiger partial charge in [0.1, 0.15) is 17.3 Å². The van der Waals surface area contributed by atoms with Crippen LogP contribution in [0.25, 0.3) is 28.7 Å². The lowest BCUT2D eigenvalue weighted by molar-refractivity contribution is 0.478. The van der Waals surface area contributed by atoms with Crippen LogP contribution in [0.5, 0.6) is 0 Å². The Bertz CT molecular complexity index is 1190. The molecule has 0 atom stereocenters. The smallest absolute Gasteiger partial charge is 0.247 e. The molecule has 2 heterocycles. The van der Waals surface area contributed by atoms with Gasteiger partial charge in [0.15, 0.2) is 0 Å². The van der Waals surface area contributed by atoms with Gasteiger partial charge in [0.25, 0.3) is 0 Å². The second-order valence-corrected chi connectivity index (χ2v) is 8.82.